The van der Waals surface area contributed by atoms with Crippen LogP contribution in [-0.2, 0) is 6.42 Å². The van der Waals surface area contributed by atoms with Crippen LogP contribution in [0.2, 0.25) is 0 Å². The Morgan fingerprint density at radius 3 is 2.38 bits per heavy atom. The molecule has 0 spiro atoms. The molecule has 1 aliphatic rings. The maximum absolute atomic E-state index is 14.1. The third kappa shape index (κ3) is 3.91. The number of fused-ring (bicyclic) bond motifs is 1. The van der Waals surface area contributed by atoms with Crippen molar-refractivity contribution in [3.05, 3.63) is 86.8 Å². The molecule has 0 aliphatic carbocycles. The topological polar surface area (TPSA) is 38.1 Å². The molecule has 1 aliphatic heterocycles. The van der Waals surface area contributed by atoms with Crippen LogP contribution < -0.4 is 5.56 Å². The zero-order valence-electron chi connectivity index (χ0n) is 19.0. The van der Waals surface area contributed by atoms with Gasteiger partial charge in [0.25, 0.3) is 5.56 Å². The van der Waals surface area contributed by atoms with Crippen LogP contribution in [0.15, 0.2) is 59.4 Å². The van der Waals surface area contributed by atoms with Crippen LogP contribution in [0.4, 0.5) is 0 Å². The molecule has 164 valence electrons. The fourth-order valence-corrected chi connectivity index (χ4v) is 5.87. The molecule has 0 saturated carbocycles. The SMILES string of the molecule is Cc1ccc(-c2c(C)sc3nc(Cc4ccccc4)n(C4CCN(C)CC4)c(=O)c23)cc1. The second-order valence-electron chi connectivity index (χ2n) is 8.98. The lowest BCUT2D eigenvalue weighted by molar-refractivity contribution is 0.216. The maximum Gasteiger partial charge on any atom is 0.263 e. The van der Waals surface area contributed by atoms with Crippen LogP contribution in [0.3, 0.4) is 0 Å². The van der Waals surface area contributed by atoms with Crippen molar-refractivity contribution in [3.63, 3.8) is 0 Å². The van der Waals surface area contributed by atoms with Gasteiger partial charge in [0.1, 0.15) is 10.7 Å². The summed E-state index contributed by atoms with van der Waals surface area (Å²) >= 11 is 1.64. The van der Waals surface area contributed by atoms with Gasteiger partial charge in [-0.15, -0.1) is 11.3 Å². The molecule has 2 aromatic heterocycles. The number of hydrogen-bond acceptors (Lipinski definition) is 4. The van der Waals surface area contributed by atoms with Crippen molar-refractivity contribution >= 4 is 21.6 Å². The van der Waals surface area contributed by atoms with Gasteiger partial charge < -0.3 is 4.90 Å². The van der Waals surface area contributed by atoms with E-state index in [0.29, 0.717) is 6.42 Å². The van der Waals surface area contributed by atoms with Crippen LogP contribution in [-0.4, -0.2) is 34.6 Å². The van der Waals surface area contributed by atoms with Crippen molar-refractivity contribution in [3.8, 4) is 11.1 Å². The van der Waals surface area contributed by atoms with Crippen LogP contribution in [0.25, 0.3) is 21.3 Å². The molecule has 4 aromatic rings. The number of nitrogens with zero attached hydrogens (tertiary/aromatic N) is 3. The number of piperidine rings is 1. The van der Waals surface area contributed by atoms with E-state index < -0.39 is 0 Å². The highest BCUT2D eigenvalue weighted by molar-refractivity contribution is 7.19. The molecule has 1 fully saturated rings. The van der Waals surface area contributed by atoms with E-state index in [-0.39, 0.29) is 11.6 Å². The molecule has 0 unspecified atom stereocenters. The van der Waals surface area contributed by atoms with Gasteiger partial charge in [-0.2, -0.15) is 0 Å². The summed E-state index contributed by atoms with van der Waals surface area (Å²) in [5.74, 6) is 0.889. The third-order valence-electron chi connectivity index (χ3n) is 6.61. The van der Waals surface area contributed by atoms with E-state index >= 15 is 0 Å². The molecule has 2 aromatic carbocycles. The maximum atomic E-state index is 14.1. The fourth-order valence-electron chi connectivity index (χ4n) is 4.82. The van der Waals surface area contributed by atoms with Crippen LogP contribution >= 0.6 is 11.3 Å². The lowest BCUT2D eigenvalue weighted by atomic mass is 10.0. The van der Waals surface area contributed by atoms with Crippen LogP contribution in [0, 0.1) is 13.8 Å². The molecule has 0 bridgehead atoms. The Balaban J connectivity index is 1.71. The number of aryl methyl sites for hydroxylation is 2. The van der Waals surface area contributed by atoms with Gasteiger partial charge in [0.05, 0.1) is 5.39 Å². The van der Waals surface area contributed by atoms with E-state index in [1.165, 1.54) is 11.1 Å². The van der Waals surface area contributed by atoms with Crippen molar-refractivity contribution in [1.29, 1.82) is 0 Å². The normalized spacial score (nSPS) is 15.5. The highest BCUT2D eigenvalue weighted by atomic mass is 32.1. The van der Waals surface area contributed by atoms with E-state index in [1.54, 1.807) is 11.3 Å². The summed E-state index contributed by atoms with van der Waals surface area (Å²) in [6.07, 6.45) is 2.64. The van der Waals surface area contributed by atoms with Crippen LogP contribution in [0.1, 0.15) is 40.7 Å². The molecular formula is C27H29N3OS. The molecule has 32 heavy (non-hydrogen) atoms. The molecule has 1 saturated heterocycles. The second-order valence-corrected chi connectivity index (χ2v) is 10.2. The second kappa shape index (κ2) is 8.64. The van der Waals surface area contributed by atoms with Gasteiger partial charge in [-0.3, -0.25) is 9.36 Å². The molecule has 5 rings (SSSR count). The van der Waals surface area contributed by atoms with Gasteiger partial charge in [-0.1, -0.05) is 60.2 Å². The Hall–Kier alpha value is -2.76. The van der Waals surface area contributed by atoms with Crippen molar-refractivity contribution < 1.29 is 0 Å². The highest BCUT2D eigenvalue weighted by Gasteiger charge is 2.26. The van der Waals surface area contributed by atoms with Gasteiger partial charge in [0.2, 0.25) is 0 Å². The number of rotatable bonds is 4. The van der Waals surface area contributed by atoms with E-state index in [4.69, 9.17) is 4.98 Å². The van der Waals surface area contributed by atoms with Gasteiger partial charge in [0, 0.05) is 22.9 Å². The first-order valence-corrected chi connectivity index (χ1v) is 12.2. The molecule has 0 amide bonds. The number of benzene rings is 2. The molecule has 3 heterocycles. The van der Waals surface area contributed by atoms with Gasteiger partial charge >= 0.3 is 0 Å². The monoisotopic (exact) mass is 443 g/mol. The summed E-state index contributed by atoms with van der Waals surface area (Å²) in [4.78, 5) is 23.6. The molecule has 4 nitrogen and oxygen atoms in total. The minimum Gasteiger partial charge on any atom is -0.306 e. The Labute approximate surface area is 193 Å². The summed E-state index contributed by atoms with van der Waals surface area (Å²) in [5.41, 5.74) is 4.68. The quantitative estimate of drug-likeness (QED) is 0.412. The lowest BCUT2D eigenvalue weighted by Crippen LogP contribution is -2.37. The molecule has 0 N–H and O–H groups in total. The third-order valence-corrected chi connectivity index (χ3v) is 7.60. The van der Waals surface area contributed by atoms with E-state index in [1.807, 2.05) is 10.6 Å². The van der Waals surface area contributed by atoms with Gasteiger partial charge in [-0.05, 0) is 58.0 Å². The standard InChI is InChI=1S/C27H29N3OS/c1-18-9-11-21(12-10-18)24-19(2)32-26-25(24)27(31)30(22-13-15-29(3)16-14-22)23(28-26)17-20-7-5-4-6-8-20/h4-12,22H,13-17H2,1-3H3. The van der Waals surface area contributed by atoms with Crippen molar-refractivity contribution in [2.75, 3.05) is 20.1 Å². The number of aromatic nitrogens is 2. The molecule has 5 heteroatoms. The number of hydrogen-bond donors (Lipinski definition) is 0. The first kappa shape index (κ1) is 21.1. The first-order valence-electron chi connectivity index (χ1n) is 11.4. The lowest BCUT2D eigenvalue weighted by Gasteiger charge is -2.31. The Morgan fingerprint density at radius 2 is 1.69 bits per heavy atom. The molecule has 0 atom stereocenters. The zero-order chi connectivity index (χ0) is 22.2. The average molecular weight is 444 g/mol. The predicted molar refractivity (Wildman–Crippen MR) is 134 cm³/mol. The fraction of sp³-hybridized carbons (Fsp3) is 0.333. The minimum absolute atomic E-state index is 0.121. The first-order chi connectivity index (χ1) is 15.5. The average Bonchev–Trinajstić information content (AvgIpc) is 3.12. The van der Waals surface area contributed by atoms with Gasteiger partial charge in [-0.25, -0.2) is 4.98 Å². The highest BCUT2D eigenvalue weighted by Crippen LogP contribution is 2.37. The molecule has 0 radical (unpaired) electrons. The smallest absolute Gasteiger partial charge is 0.263 e. The summed E-state index contributed by atoms with van der Waals surface area (Å²) < 4.78 is 2.03. The van der Waals surface area contributed by atoms with E-state index in [9.17, 15) is 4.79 Å². The van der Waals surface area contributed by atoms with Crippen molar-refractivity contribution in [2.45, 2.75) is 39.2 Å². The van der Waals surface area contributed by atoms with E-state index in [0.717, 1.165) is 58.0 Å². The predicted octanol–water partition coefficient (Wildman–Crippen LogP) is 5.60. The number of thiophene rings is 1. The van der Waals surface area contributed by atoms with Crippen LogP contribution in [0.5, 0.6) is 0 Å². The van der Waals surface area contributed by atoms with Crippen molar-refractivity contribution in [1.82, 2.24) is 14.5 Å². The Kier molecular flexibility index (Phi) is 5.70. The Bertz CT molecular complexity index is 1300. The number of likely N-dealkylation sites (tertiary alicyclic amines) is 1. The van der Waals surface area contributed by atoms with E-state index in [2.05, 4.69) is 74.3 Å². The zero-order valence-corrected chi connectivity index (χ0v) is 19.8. The largest absolute Gasteiger partial charge is 0.306 e. The van der Waals surface area contributed by atoms with Gasteiger partial charge in [0.15, 0.2) is 0 Å². The summed E-state index contributed by atoms with van der Waals surface area (Å²) in [5, 5.41) is 0.784. The minimum atomic E-state index is 0.121. The van der Waals surface area contributed by atoms with Crippen molar-refractivity contribution in [2.24, 2.45) is 0 Å². The molecular weight excluding hydrogens is 414 g/mol. The Morgan fingerprint density at radius 1 is 1.00 bits per heavy atom. The summed E-state index contributed by atoms with van der Waals surface area (Å²) in [6, 6.07) is 19.0. The summed E-state index contributed by atoms with van der Waals surface area (Å²) in [6.45, 7) is 6.21. The summed E-state index contributed by atoms with van der Waals surface area (Å²) in [7, 11) is 2.16.